The quantitative estimate of drug-likeness (QED) is 0.730. The second kappa shape index (κ2) is 7.24. The number of rotatable bonds is 3. The molecule has 0 saturated heterocycles. The van der Waals surface area contributed by atoms with Gasteiger partial charge < -0.3 is 5.11 Å². The molecular weight excluding hydrogens is 376 g/mol. The van der Waals surface area contributed by atoms with E-state index in [1.807, 2.05) is 24.3 Å². The van der Waals surface area contributed by atoms with Crippen LogP contribution in [-0.4, -0.2) is 22.7 Å². The molecule has 144 valence electrons. The van der Waals surface area contributed by atoms with Crippen molar-refractivity contribution in [3.05, 3.63) is 69.8 Å². The van der Waals surface area contributed by atoms with Crippen LogP contribution in [-0.2, 0) is 10.2 Å². The fourth-order valence-corrected chi connectivity index (χ4v) is 3.11. The fraction of sp³-hybridized carbons (Fsp3) is 0.227. The molecule has 5 nitrogen and oxygen atoms in total. The molecule has 3 rings (SSSR count). The van der Waals surface area contributed by atoms with Gasteiger partial charge in [0.1, 0.15) is 0 Å². The number of benzene rings is 2. The molecule has 1 N–H and O–H groups in total. The first-order valence-electron chi connectivity index (χ1n) is 8.83. The molecule has 0 unspecified atom stereocenters. The van der Waals surface area contributed by atoms with Crippen molar-refractivity contribution < 1.29 is 14.7 Å². The summed E-state index contributed by atoms with van der Waals surface area (Å²) in [6, 6.07) is 12.4. The lowest BCUT2D eigenvalue weighted by molar-refractivity contribution is -0.114. The van der Waals surface area contributed by atoms with Crippen LogP contribution in [0, 0.1) is 0 Å². The number of halogens is 1. The van der Waals surface area contributed by atoms with E-state index >= 15 is 0 Å². The molecule has 0 fully saturated rings. The normalized spacial score (nSPS) is 15.9. The van der Waals surface area contributed by atoms with Gasteiger partial charge in [0.2, 0.25) is 0 Å². The molecule has 0 saturated carbocycles. The average Bonchev–Trinajstić information content (AvgIpc) is 2.90. The summed E-state index contributed by atoms with van der Waals surface area (Å²) in [5, 5.41) is 14.9. The molecule has 0 spiro atoms. The predicted octanol–water partition coefficient (Wildman–Crippen LogP) is 5.14. The Morgan fingerprint density at radius 3 is 2.36 bits per heavy atom. The molecule has 6 heteroatoms. The van der Waals surface area contributed by atoms with Crippen molar-refractivity contribution in [1.29, 1.82) is 0 Å². The fourth-order valence-electron chi connectivity index (χ4n) is 2.91. The summed E-state index contributed by atoms with van der Waals surface area (Å²) in [4.78, 5) is 24.2. The van der Waals surface area contributed by atoms with E-state index in [9.17, 15) is 14.7 Å². The van der Waals surface area contributed by atoms with Crippen LogP contribution in [0.5, 0.6) is 0 Å². The molecule has 0 radical (unpaired) electrons. The Balaban J connectivity index is 1.92. The van der Waals surface area contributed by atoms with Gasteiger partial charge in [-0.25, -0.2) is 4.79 Å². The van der Waals surface area contributed by atoms with Gasteiger partial charge in [-0.1, -0.05) is 56.6 Å². The van der Waals surface area contributed by atoms with E-state index in [1.165, 1.54) is 22.7 Å². The minimum absolute atomic E-state index is 0.0550. The Morgan fingerprint density at radius 2 is 1.79 bits per heavy atom. The predicted molar refractivity (Wildman–Crippen MR) is 112 cm³/mol. The van der Waals surface area contributed by atoms with Gasteiger partial charge in [0, 0.05) is 0 Å². The monoisotopic (exact) mass is 396 g/mol. The molecule has 0 aromatic heterocycles. The van der Waals surface area contributed by atoms with Gasteiger partial charge in [-0.15, -0.1) is 0 Å². The summed E-state index contributed by atoms with van der Waals surface area (Å²) in [5.41, 5.74) is 3.48. The summed E-state index contributed by atoms with van der Waals surface area (Å²) in [7, 11) is 0. The van der Waals surface area contributed by atoms with Crippen molar-refractivity contribution >= 4 is 41.0 Å². The van der Waals surface area contributed by atoms with E-state index in [4.69, 9.17) is 11.6 Å². The molecular formula is C22H21ClN2O3. The number of hydrogen-bond donors (Lipinski definition) is 1. The second-order valence-electron chi connectivity index (χ2n) is 7.70. The number of carboxylic acid groups (broad SMARTS) is 1. The van der Waals surface area contributed by atoms with Gasteiger partial charge in [-0.05, 0) is 47.7 Å². The van der Waals surface area contributed by atoms with Crippen LogP contribution in [0.1, 0.15) is 49.2 Å². The van der Waals surface area contributed by atoms with Crippen LogP contribution in [0.15, 0.2) is 53.1 Å². The zero-order valence-corrected chi connectivity index (χ0v) is 16.9. The van der Waals surface area contributed by atoms with Crippen molar-refractivity contribution in [3.8, 4) is 0 Å². The largest absolute Gasteiger partial charge is 0.478 e. The van der Waals surface area contributed by atoms with E-state index in [1.54, 1.807) is 19.1 Å². The van der Waals surface area contributed by atoms with Gasteiger partial charge in [-0.3, -0.25) is 4.79 Å². The Bertz CT molecular complexity index is 1020. The first kappa shape index (κ1) is 19.8. The van der Waals surface area contributed by atoms with Crippen molar-refractivity contribution in [1.82, 2.24) is 0 Å². The van der Waals surface area contributed by atoms with Crippen LogP contribution in [0.2, 0.25) is 5.02 Å². The van der Waals surface area contributed by atoms with Gasteiger partial charge in [0.15, 0.2) is 0 Å². The lowest BCUT2D eigenvalue weighted by Gasteiger charge is -2.18. The highest BCUT2D eigenvalue weighted by atomic mass is 35.5. The topological polar surface area (TPSA) is 70.0 Å². The molecule has 0 bridgehead atoms. The molecule has 2 aromatic carbocycles. The third-order valence-electron chi connectivity index (χ3n) is 4.58. The minimum atomic E-state index is -1.16. The molecule has 1 heterocycles. The van der Waals surface area contributed by atoms with Crippen LogP contribution in [0.3, 0.4) is 0 Å². The zero-order valence-electron chi connectivity index (χ0n) is 16.2. The number of aromatic carboxylic acids is 1. The summed E-state index contributed by atoms with van der Waals surface area (Å²) in [6.45, 7) is 8.19. The van der Waals surface area contributed by atoms with Crippen molar-refractivity contribution in [2.24, 2.45) is 5.10 Å². The summed E-state index contributed by atoms with van der Waals surface area (Å²) in [6.07, 6.45) is 1.79. The van der Waals surface area contributed by atoms with Gasteiger partial charge >= 0.3 is 5.97 Å². The van der Waals surface area contributed by atoms with Crippen LogP contribution >= 0.6 is 11.6 Å². The number of carbonyl (C=O) groups excluding carboxylic acids is 1. The second-order valence-corrected chi connectivity index (χ2v) is 8.11. The highest BCUT2D eigenvalue weighted by molar-refractivity contribution is 6.34. The maximum absolute atomic E-state index is 12.9. The Labute approximate surface area is 168 Å². The Hall–Kier alpha value is -2.92. The van der Waals surface area contributed by atoms with E-state index in [2.05, 4.69) is 25.9 Å². The van der Waals surface area contributed by atoms with Crippen LogP contribution in [0.25, 0.3) is 6.08 Å². The SMILES string of the molecule is CC1=NN(c2ccc(Cl)c(C(=O)O)c2)C(=O)/C1=C\c1ccc(C(C)(C)C)cc1. The standard InChI is InChI=1S/C22H21ClN2O3/c1-13-17(11-14-5-7-15(8-6-14)22(2,3)4)20(26)25(24-13)16-9-10-19(23)18(12-16)21(27)28/h5-12H,1-4H3,(H,27,28)/b17-11-. The highest BCUT2D eigenvalue weighted by Crippen LogP contribution is 2.29. The van der Waals surface area contributed by atoms with E-state index in [0.717, 1.165) is 5.56 Å². The lowest BCUT2D eigenvalue weighted by atomic mass is 9.86. The summed E-state index contributed by atoms with van der Waals surface area (Å²) >= 11 is 5.91. The molecule has 2 aromatic rings. The molecule has 1 aliphatic heterocycles. The summed E-state index contributed by atoms with van der Waals surface area (Å²) < 4.78 is 0. The van der Waals surface area contributed by atoms with E-state index in [-0.39, 0.29) is 21.9 Å². The molecule has 0 aliphatic carbocycles. The third kappa shape index (κ3) is 3.85. The average molecular weight is 397 g/mol. The number of anilines is 1. The number of nitrogens with zero attached hydrogens (tertiary/aromatic N) is 2. The number of carbonyl (C=O) groups is 2. The number of hydrogen-bond acceptors (Lipinski definition) is 3. The third-order valence-corrected chi connectivity index (χ3v) is 4.90. The van der Waals surface area contributed by atoms with Crippen LogP contribution in [0.4, 0.5) is 5.69 Å². The van der Waals surface area contributed by atoms with Gasteiger partial charge in [0.05, 0.1) is 27.6 Å². The van der Waals surface area contributed by atoms with Crippen molar-refractivity contribution in [2.45, 2.75) is 33.1 Å². The molecule has 1 aliphatic rings. The maximum Gasteiger partial charge on any atom is 0.337 e. The molecule has 0 atom stereocenters. The lowest BCUT2D eigenvalue weighted by Crippen LogP contribution is -2.21. The molecule has 1 amide bonds. The first-order valence-corrected chi connectivity index (χ1v) is 9.21. The van der Waals surface area contributed by atoms with Crippen molar-refractivity contribution in [3.63, 3.8) is 0 Å². The van der Waals surface area contributed by atoms with E-state index in [0.29, 0.717) is 17.0 Å². The van der Waals surface area contributed by atoms with Crippen molar-refractivity contribution in [2.75, 3.05) is 5.01 Å². The highest BCUT2D eigenvalue weighted by Gasteiger charge is 2.29. The van der Waals surface area contributed by atoms with Crippen LogP contribution < -0.4 is 5.01 Å². The number of amides is 1. The minimum Gasteiger partial charge on any atom is -0.478 e. The molecule has 28 heavy (non-hydrogen) atoms. The summed E-state index contributed by atoms with van der Waals surface area (Å²) in [5.74, 6) is -1.47. The Kier molecular flexibility index (Phi) is 5.13. The smallest absolute Gasteiger partial charge is 0.337 e. The first-order chi connectivity index (χ1) is 13.1. The van der Waals surface area contributed by atoms with Gasteiger partial charge in [0.25, 0.3) is 5.91 Å². The van der Waals surface area contributed by atoms with Gasteiger partial charge in [-0.2, -0.15) is 10.1 Å². The number of hydrazone groups is 1. The number of carboxylic acids is 1. The maximum atomic E-state index is 12.9. The van der Waals surface area contributed by atoms with E-state index < -0.39 is 5.97 Å². The zero-order chi connectivity index (χ0) is 20.6. The Morgan fingerprint density at radius 1 is 1.14 bits per heavy atom.